The smallest absolute Gasteiger partial charge is 0.237 e. The fourth-order valence-corrected chi connectivity index (χ4v) is 1.08. The number of amides is 1. The van der Waals surface area contributed by atoms with Crippen LogP contribution >= 0.6 is 0 Å². The van der Waals surface area contributed by atoms with Crippen LogP contribution in [0.5, 0.6) is 0 Å². The van der Waals surface area contributed by atoms with E-state index in [4.69, 9.17) is 5.73 Å². The summed E-state index contributed by atoms with van der Waals surface area (Å²) in [6, 6.07) is -0.376. The van der Waals surface area contributed by atoms with Gasteiger partial charge in [-0.1, -0.05) is 13.8 Å². The van der Waals surface area contributed by atoms with E-state index >= 15 is 0 Å². The molecule has 0 fully saturated rings. The van der Waals surface area contributed by atoms with Crippen molar-refractivity contribution in [3.8, 4) is 0 Å². The lowest BCUT2D eigenvalue weighted by molar-refractivity contribution is -0.124. The van der Waals surface area contributed by atoms with Crippen molar-refractivity contribution < 1.29 is 4.79 Å². The Morgan fingerprint density at radius 1 is 1.38 bits per heavy atom. The van der Waals surface area contributed by atoms with Crippen LogP contribution in [0.2, 0.25) is 0 Å². The fourth-order valence-electron chi connectivity index (χ4n) is 1.08. The predicted octanol–water partition coefficient (Wildman–Crippen LogP) is 1.27. The van der Waals surface area contributed by atoms with Crippen molar-refractivity contribution in [2.24, 2.45) is 11.7 Å². The number of nitrogens with two attached hydrogens (primary N) is 1. The topological polar surface area (TPSA) is 55.1 Å². The summed E-state index contributed by atoms with van der Waals surface area (Å²) in [7, 11) is 0. The third-order valence-electron chi connectivity index (χ3n) is 1.56. The molecule has 0 saturated carbocycles. The average Bonchev–Trinajstić information content (AvgIpc) is 1.81. The van der Waals surface area contributed by atoms with Gasteiger partial charge in [0.05, 0.1) is 6.04 Å². The third kappa shape index (κ3) is 6.58. The molecule has 0 spiro atoms. The van der Waals surface area contributed by atoms with E-state index in [9.17, 15) is 4.79 Å². The first-order valence-corrected chi connectivity index (χ1v) is 4.80. The Hall–Kier alpha value is -0.570. The summed E-state index contributed by atoms with van der Waals surface area (Å²) >= 11 is 0. The molecule has 1 amide bonds. The van der Waals surface area contributed by atoms with Gasteiger partial charge in [0.2, 0.25) is 5.91 Å². The highest BCUT2D eigenvalue weighted by Gasteiger charge is 2.19. The Morgan fingerprint density at radius 3 is 2.15 bits per heavy atom. The van der Waals surface area contributed by atoms with Crippen LogP contribution in [0.4, 0.5) is 0 Å². The number of hydrogen-bond acceptors (Lipinski definition) is 2. The molecule has 0 heterocycles. The van der Waals surface area contributed by atoms with Crippen LogP contribution in [0, 0.1) is 5.92 Å². The largest absolute Gasteiger partial charge is 0.350 e. The number of hydrogen-bond donors (Lipinski definition) is 2. The molecule has 3 N–H and O–H groups in total. The Bertz CT molecular complexity index is 170. The van der Waals surface area contributed by atoms with Gasteiger partial charge in [-0.2, -0.15) is 0 Å². The molecular formula is C10H22N2O. The van der Waals surface area contributed by atoms with Gasteiger partial charge in [0.15, 0.2) is 0 Å². The molecule has 0 unspecified atom stereocenters. The first kappa shape index (κ1) is 12.4. The molecular weight excluding hydrogens is 164 g/mol. The number of rotatable bonds is 3. The fraction of sp³-hybridized carbons (Fsp3) is 0.900. The molecule has 0 bridgehead atoms. The zero-order valence-electron chi connectivity index (χ0n) is 9.35. The molecule has 3 heteroatoms. The molecule has 3 nitrogen and oxygen atoms in total. The molecule has 0 aromatic rings. The van der Waals surface area contributed by atoms with Crippen molar-refractivity contribution in [2.75, 3.05) is 0 Å². The quantitative estimate of drug-likeness (QED) is 0.697. The summed E-state index contributed by atoms with van der Waals surface area (Å²) in [6.45, 7) is 9.97. The number of nitrogens with one attached hydrogen (secondary N) is 1. The van der Waals surface area contributed by atoms with Gasteiger partial charge in [-0.25, -0.2) is 0 Å². The highest BCUT2D eigenvalue weighted by molar-refractivity contribution is 5.82. The molecule has 0 aliphatic carbocycles. The second-order valence-corrected chi connectivity index (χ2v) is 4.98. The third-order valence-corrected chi connectivity index (χ3v) is 1.56. The predicted molar refractivity (Wildman–Crippen MR) is 55.3 cm³/mol. The zero-order chi connectivity index (χ0) is 10.6. The Kier molecular flexibility index (Phi) is 4.40. The van der Waals surface area contributed by atoms with E-state index in [0.717, 1.165) is 6.42 Å². The molecule has 0 aromatic carbocycles. The summed E-state index contributed by atoms with van der Waals surface area (Å²) in [4.78, 5) is 11.5. The van der Waals surface area contributed by atoms with Gasteiger partial charge in [0, 0.05) is 5.54 Å². The molecule has 0 aliphatic heterocycles. The maximum Gasteiger partial charge on any atom is 0.237 e. The number of carbonyl (C=O) groups is 1. The van der Waals surface area contributed by atoms with Gasteiger partial charge in [0.25, 0.3) is 0 Å². The molecule has 78 valence electrons. The van der Waals surface area contributed by atoms with Crippen LogP contribution in [-0.2, 0) is 4.79 Å². The molecule has 0 rings (SSSR count). The van der Waals surface area contributed by atoms with Crippen LogP contribution in [0.15, 0.2) is 0 Å². The van der Waals surface area contributed by atoms with E-state index in [0.29, 0.717) is 5.92 Å². The van der Waals surface area contributed by atoms with E-state index in [1.54, 1.807) is 0 Å². The lowest BCUT2D eigenvalue weighted by atomic mass is 10.0. The maximum atomic E-state index is 11.5. The van der Waals surface area contributed by atoms with Crippen molar-refractivity contribution in [3.05, 3.63) is 0 Å². The van der Waals surface area contributed by atoms with Crippen LogP contribution < -0.4 is 11.1 Å². The van der Waals surface area contributed by atoms with Gasteiger partial charge in [-0.3, -0.25) is 4.79 Å². The lowest BCUT2D eigenvalue weighted by Crippen LogP contribution is -2.49. The van der Waals surface area contributed by atoms with E-state index < -0.39 is 0 Å². The first-order valence-electron chi connectivity index (χ1n) is 4.80. The maximum absolute atomic E-state index is 11.5. The molecule has 1 atom stereocenters. The normalized spacial score (nSPS) is 14.4. The van der Waals surface area contributed by atoms with Crippen molar-refractivity contribution in [1.82, 2.24) is 5.32 Å². The van der Waals surface area contributed by atoms with Crippen molar-refractivity contribution in [1.29, 1.82) is 0 Å². The molecule has 0 radical (unpaired) electrons. The van der Waals surface area contributed by atoms with E-state index in [1.807, 2.05) is 20.8 Å². The molecule has 13 heavy (non-hydrogen) atoms. The molecule has 0 aromatic heterocycles. The van der Waals surface area contributed by atoms with Gasteiger partial charge < -0.3 is 11.1 Å². The highest BCUT2D eigenvalue weighted by atomic mass is 16.2. The SMILES string of the molecule is CC(C)C[C@H](N)C(=O)NC(C)(C)C. The molecule has 0 aliphatic rings. The average molecular weight is 186 g/mol. The standard InChI is InChI=1S/C10H22N2O/c1-7(2)6-8(11)9(13)12-10(3,4)5/h7-8H,6,11H2,1-5H3,(H,12,13)/t8-/m0/s1. The monoisotopic (exact) mass is 186 g/mol. The van der Waals surface area contributed by atoms with Crippen LogP contribution in [0.1, 0.15) is 41.0 Å². The molecule has 0 saturated heterocycles. The summed E-state index contributed by atoms with van der Waals surface area (Å²) in [5.74, 6) is 0.405. The van der Waals surface area contributed by atoms with E-state index in [1.165, 1.54) is 0 Å². The minimum Gasteiger partial charge on any atom is -0.350 e. The summed E-state index contributed by atoms with van der Waals surface area (Å²) < 4.78 is 0. The van der Waals surface area contributed by atoms with Crippen molar-refractivity contribution >= 4 is 5.91 Å². The van der Waals surface area contributed by atoms with E-state index in [2.05, 4.69) is 19.2 Å². The Labute approximate surface area is 81.1 Å². The second-order valence-electron chi connectivity index (χ2n) is 4.98. The highest BCUT2D eigenvalue weighted by Crippen LogP contribution is 2.05. The first-order chi connectivity index (χ1) is 5.72. The number of carbonyl (C=O) groups excluding carboxylic acids is 1. The minimum absolute atomic E-state index is 0.0544. The van der Waals surface area contributed by atoms with Crippen molar-refractivity contribution in [2.45, 2.75) is 52.6 Å². The van der Waals surface area contributed by atoms with Crippen LogP contribution in [0.3, 0.4) is 0 Å². The van der Waals surface area contributed by atoms with Crippen molar-refractivity contribution in [3.63, 3.8) is 0 Å². The van der Waals surface area contributed by atoms with Gasteiger partial charge >= 0.3 is 0 Å². The van der Waals surface area contributed by atoms with Gasteiger partial charge in [-0.15, -0.1) is 0 Å². The zero-order valence-corrected chi connectivity index (χ0v) is 9.35. The van der Waals surface area contributed by atoms with Crippen LogP contribution in [-0.4, -0.2) is 17.5 Å². The Morgan fingerprint density at radius 2 is 1.85 bits per heavy atom. The lowest BCUT2D eigenvalue weighted by Gasteiger charge is -2.23. The van der Waals surface area contributed by atoms with Gasteiger partial charge in [-0.05, 0) is 33.1 Å². The summed E-state index contributed by atoms with van der Waals surface area (Å²) in [5, 5.41) is 2.86. The van der Waals surface area contributed by atoms with Crippen LogP contribution in [0.25, 0.3) is 0 Å². The second kappa shape index (κ2) is 4.61. The van der Waals surface area contributed by atoms with Gasteiger partial charge in [0.1, 0.15) is 0 Å². The van der Waals surface area contributed by atoms with E-state index in [-0.39, 0.29) is 17.5 Å². The minimum atomic E-state index is -0.376. The summed E-state index contributed by atoms with van der Waals surface area (Å²) in [6.07, 6.45) is 0.738. The summed E-state index contributed by atoms with van der Waals surface area (Å²) in [5.41, 5.74) is 5.52. The Balaban J connectivity index is 3.97.